The van der Waals surface area contributed by atoms with Gasteiger partial charge in [0.2, 0.25) is 5.91 Å². The lowest BCUT2D eigenvalue weighted by Crippen LogP contribution is -2.30. The molecule has 1 aliphatic heterocycles. The zero-order chi connectivity index (χ0) is 12.4. The fourth-order valence-corrected chi connectivity index (χ4v) is 2.70. The van der Waals surface area contributed by atoms with Crippen LogP contribution in [-0.2, 0) is 4.79 Å². The molecule has 0 aliphatic carbocycles. The molecular formula is C12H12BrCl2NO. The minimum absolute atomic E-state index is 0.0154. The summed E-state index contributed by atoms with van der Waals surface area (Å²) in [4.78, 5) is 13.9. The molecule has 17 heavy (non-hydrogen) atoms. The molecule has 0 aromatic heterocycles. The van der Waals surface area contributed by atoms with Crippen LogP contribution in [0.25, 0.3) is 0 Å². The van der Waals surface area contributed by atoms with Crippen LogP contribution in [0.3, 0.4) is 0 Å². The summed E-state index contributed by atoms with van der Waals surface area (Å²) in [5.41, 5.74) is 0.778. The van der Waals surface area contributed by atoms with Crippen molar-refractivity contribution in [3.05, 3.63) is 33.3 Å². The fraction of sp³-hybridized carbons (Fsp3) is 0.417. The monoisotopic (exact) mass is 335 g/mol. The average Bonchev–Trinajstić information content (AvgIpc) is 2.84. The van der Waals surface area contributed by atoms with E-state index in [2.05, 4.69) is 15.9 Å². The lowest BCUT2D eigenvalue weighted by atomic mass is 10.1. The summed E-state index contributed by atoms with van der Waals surface area (Å²) in [5, 5.41) is -0.00657. The third-order valence-electron chi connectivity index (χ3n) is 2.87. The molecule has 0 spiro atoms. The lowest BCUT2D eigenvalue weighted by molar-refractivity contribution is -0.129. The molecule has 2 nitrogen and oxygen atoms in total. The predicted octanol–water partition coefficient (Wildman–Crippen LogP) is 4.00. The van der Waals surface area contributed by atoms with Crippen LogP contribution in [0.2, 0.25) is 5.02 Å². The second kappa shape index (κ2) is 5.59. The van der Waals surface area contributed by atoms with E-state index in [1.54, 1.807) is 18.2 Å². The van der Waals surface area contributed by atoms with E-state index in [0.29, 0.717) is 5.02 Å². The van der Waals surface area contributed by atoms with E-state index in [1.165, 1.54) is 0 Å². The number of likely N-dealkylation sites (tertiary alicyclic amines) is 1. The van der Waals surface area contributed by atoms with Gasteiger partial charge in [-0.2, -0.15) is 0 Å². The van der Waals surface area contributed by atoms with Crippen molar-refractivity contribution in [1.29, 1.82) is 0 Å². The first-order valence-electron chi connectivity index (χ1n) is 5.47. The summed E-state index contributed by atoms with van der Waals surface area (Å²) in [7, 11) is 0. The highest BCUT2D eigenvalue weighted by Crippen LogP contribution is 2.30. The molecule has 1 aromatic rings. The standard InChI is InChI=1S/C12H12BrCl2NO/c13-9-7-8(3-4-10(9)14)11(15)12(17)16-5-1-2-6-16/h3-4,7,11H,1-2,5-6H2. The second-order valence-corrected chi connectivity index (χ2v) is 5.77. The Bertz CT molecular complexity index is 433. The van der Waals surface area contributed by atoms with Crippen LogP contribution in [0.4, 0.5) is 0 Å². The molecule has 1 heterocycles. The van der Waals surface area contributed by atoms with E-state index in [-0.39, 0.29) is 5.91 Å². The number of nitrogens with zero attached hydrogens (tertiary/aromatic N) is 1. The van der Waals surface area contributed by atoms with Gasteiger partial charge in [-0.25, -0.2) is 0 Å². The first-order valence-corrected chi connectivity index (χ1v) is 7.08. The predicted molar refractivity (Wildman–Crippen MR) is 73.6 cm³/mol. The summed E-state index contributed by atoms with van der Waals surface area (Å²) in [6.45, 7) is 1.63. The molecule has 0 saturated carbocycles. The Balaban J connectivity index is 2.15. The lowest BCUT2D eigenvalue weighted by Gasteiger charge is -2.19. The van der Waals surface area contributed by atoms with Crippen LogP contribution in [0.15, 0.2) is 22.7 Å². The zero-order valence-corrected chi connectivity index (χ0v) is 12.2. The molecular weight excluding hydrogens is 325 g/mol. The van der Waals surface area contributed by atoms with Crippen LogP contribution in [-0.4, -0.2) is 23.9 Å². The highest BCUT2D eigenvalue weighted by Gasteiger charge is 2.26. The van der Waals surface area contributed by atoms with Crippen LogP contribution in [0, 0.1) is 0 Å². The molecule has 1 atom stereocenters. The highest BCUT2D eigenvalue weighted by atomic mass is 79.9. The van der Waals surface area contributed by atoms with Gasteiger partial charge in [-0.3, -0.25) is 4.79 Å². The molecule has 0 radical (unpaired) electrons. The maximum Gasteiger partial charge on any atom is 0.245 e. The van der Waals surface area contributed by atoms with Gasteiger partial charge in [-0.1, -0.05) is 17.7 Å². The van der Waals surface area contributed by atoms with Gasteiger partial charge in [0, 0.05) is 17.6 Å². The first kappa shape index (κ1) is 13.2. The Hall–Kier alpha value is -0.250. The van der Waals surface area contributed by atoms with Crippen LogP contribution in [0.1, 0.15) is 23.8 Å². The molecule has 1 fully saturated rings. The zero-order valence-electron chi connectivity index (χ0n) is 9.13. The Morgan fingerprint density at radius 2 is 2.00 bits per heavy atom. The molecule has 92 valence electrons. The maximum absolute atomic E-state index is 12.1. The van der Waals surface area contributed by atoms with Gasteiger partial charge in [0.05, 0.1) is 5.02 Å². The molecule has 5 heteroatoms. The molecule has 1 unspecified atom stereocenters. The number of halogens is 3. The van der Waals surface area contributed by atoms with Crippen molar-refractivity contribution < 1.29 is 4.79 Å². The van der Waals surface area contributed by atoms with Gasteiger partial charge < -0.3 is 4.90 Å². The minimum Gasteiger partial charge on any atom is -0.341 e. The summed E-state index contributed by atoms with van der Waals surface area (Å²) >= 11 is 15.4. The summed E-state index contributed by atoms with van der Waals surface area (Å²) in [6.07, 6.45) is 2.14. The third kappa shape index (κ3) is 2.95. The maximum atomic E-state index is 12.1. The van der Waals surface area contributed by atoms with Gasteiger partial charge in [0.1, 0.15) is 5.38 Å². The Kier molecular flexibility index (Phi) is 4.34. The fourth-order valence-electron chi connectivity index (χ4n) is 1.91. The van der Waals surface area contributed by atoms with Gasteiger partial charge in [0.15, 0.2) is 0 Å². The van der Waals surface area contributed by atoms with Crippen molar-refractivity contribution in [2.75, 3.05) is 13.1 Å². The van der Waals surface area contributed by atoms with Crippen molar-refractivity contribution in [1.82, 2.24) is 4.90 Å². The number of hydrogen-bond acceptors (Lipinski definition) is 1. The van der Waals surface area contributed by atoms with E-state index >= 15 is 0 Å². The van der Waals surface area contributed by atoms with E-state index in [9.17, 15) is 4.79 Å². The van der Waals surface area contributed by atoms with Crippen LogP contribution < -0.4 is 0 Å². The normalized spacial score (nSPS) is 17.2. The molecule has 0 bridgehead atoms. The Morgan fingerprint density at radius 1 is 1.35 bits per heavy atom. The topological polar surface area (TPSA) is 20.3 Å². The number of alkyl halides is 1. The molecule has 1 amide bonds. The van der Waals surface area contributed by atoms with Crippen molar-refractivity contribution in [2.45, 2.75) is 18.2 Å². The number of amides is 1. The van der Waals surface area contributed by atoms with Gasteiger partial charge >= 0.3 is 0 Å². The Labute approximate surface area is 119 Å². The quantitative estimate of drug-likeness (QED) is 0.747. The average molecular weight is 337 g/mol. The third-order valence-corrected chi connectivity index (χ3v) is 4.52. The van der Waals surface area contributed by atoms with Gasteiger partial charge in [-0.05, 0) is 46.5 Å². The summed E-state index contributed by atoms with van der Waals surface area (Å²) in [6, 6.07) is 5.33. The Morgan fingerprint density at radius 3 is 2.59 bits per heavy atom. The van der Waals surface area contributed by atoms with Gasteiger partial charge in [-0.15, -0.1) is 11.6 Å². The molecule has 1 aliphatic rings. The number of rotatable bonds is 2. The van der Waals surface area contributed by atoms with E-state index < -0.39 is 5.38 Å². The van der Waals surface area contributed by atoms with Crippen LogP contribution >= 0.6 is 39.1 Å². The smallest absolute Gasteiger partial charge is 0.245 e. The van der Waals surface area contributed by atoms with E-state index in [4.69, 9.17) is 23.2 Å². The largest absolute Gasteiger partial charge is 0.341 e. The van der Waals surface area contributed by atoms with E-state index in [1.807, 2.05) is 4.90 Å². The van der Waals surface area contributed by atoms with Crippen molar-refractivity contribution in [2.24, 2.45) is 0 Å². The first-order chi connectivity index (χ1) is 8.09. The molecule has 1 saturated heterocycles. The second-order valence-electron chi connectivity index (χ2n) is 4.07. The van der Waals surface area contributed by atoms with Crippen LogP contribution in [0.5, 0.6) is 0 Å². The summed E-state index contributed by atoms with van der Waals surface area (Å²) < 4.78 is 0.761. The summed E-state index contributed by atoms with van der Waals surface area (Å²) in [5.74, 6) is -0.0154. The minimum atomic E-state index is -0.623. The molecule has 0 N–H and O–H groups in total. The van der Waals surface area contributed by atoms with E-state index in [0.717, 1.165) is 36.0 Å². The van der Waals surface area contributed by atoms with Crippen molar-refractivity contribution in [3.8, 4) is 0 Å². The molecule has 1 aromatic carbocycles. The number of carbonyl (C=O) groups is 1. The number of hydrogen-bond donors (Lipinski definition) is 0. The molecule has 2 rings (SSSR count). The van der Waals surface area contributed by atoms with Crippen molar-refractivity contribution in [3.63, 3.8) is 0 Å². The number of carbonyl (C=O) groups excluding carboxylic acids is 1. The van der Waals surface area contributed by atoms with Crippen molar-refractivity contribution >= 4 is 45.0 Å². The SMILES string of the molecule is O=C(C(Cl)c1ccc(Cl)c(Br)c1)N1CCCC1. The highest BCUT2D eigenvalue weighted by molar-refractivity contribution is 9.10. The number of benzene rings is 1. The van der Waals surface area contributed by atoms with Gasteiger partial charge in [0.25, 0.3) is 0 Å².